The summed E-state index contributed by atoms with van der Waals surface area (Å²) >= 11 is 19.2. The minimum atomic E-state index is -0.322. The van der Waals surface area contributed by atoms with E-state index in [1.54, 1.807) is 23.7 Å². The fourth-order valence-electron chi connectivity index (χ4n) is 2.46. The number of rotatable bonds is 7. The van der Waals surface area contributed by atoms with Crippen LogP contribution in [-0.4, -0.2) is 32.3 Å². The van der Waals surface area contributed by atoms with Crippen LogP contribution >= 0.6 is 46.6 Å². The van der Waals surface area contributed by atoms with Crippen molar-refractivity contribution in [2.45, 2.75) is 11.6 Å². The average molecular weight is 485 g/mol. The number of nitrogens with zero attached hydrogens (tertiary/aromatic N) is 3. The van der Waals surface area contributed by atoms with Crippen molar-refractivity contribution in [3.63, 3.8) is 0 Å². The molecular formula is C19H16Cl3N5O2S. The summed E-state index contributed by atoms with van der Waals surface area (Å²) < 4.78 is 1.67. The average Bonchev–Trinajstić information content (AvgIpc) is 3.03. The van der Waals surface area contributed by atoms with Crippen LogP contribution in [0.4, 0.5) is 11.4 Å². The lowest BCUT2D eigenvalue weighted by Gasteiger charge is -2.09. The maximum Gasteiger partial charge on any atom is 0.234 e. The van der Waals surface area contributed by atoms with Gasteiger partial charge in [-0.05, 0) is 24.3 Å². The molecule has 0 spiro atoms. The summed E-state index contributed by atoms with van der Waals surface area (Å²) in [6.45, 7) is 0. The number of thioether (sulfide) groups is 1. The Hall–Kier alpha value is -2.26. The van der Waals surface area contributed by atoms with Crippen molar-refractivity contribution in [3.05, 3.63) is 63.4 Å². The molecule has 11 heteroatoms. The van der Waals surface area contributed by atoms with Crippen molar-refractivity contribution >= 4 is 69.8 Å². The Morgan fingerprint density at radius 3 is 2.33 bits per heavy atom. The van der Waals surface area contributed by atoms with Crippen LogP contribution in [-0.2, 0) is 23.1 Å². The van der Waals surface area contributed by atoms with Crippen molar-refractivity contribution < 1.29 is 9.59 Å². The van der Waals surface area contributed by atoms with Crippen molar-refractivity contribution in [1.29, 1.82) is 0 Å². The Labute approximate surface area is 192 Å². The third-order valence-electron chi connectivity index (χ3n) is 3.90. The first-order chi connectivity index (χ1) is 14.3. The second kappa shape index (κ2) is 10.2. The first kappa shape index (κ1) is 22.4. The van der Waals surface area contributed by atoms with Crippen molar-refractivity contribution in [1.82, 2.24) is 14.8 Å². The van der Waals surface area contributed by atoms with Gasteiger partial charge in [-0.15, -0.1) is 10.2 Å². The number of hydrogen-bond acceptors (Lipinski definition) is 5. The van der Waals surface area contributed by atoms with Gasteiger partial charge >= 0.3 is 0 Å². The summed E-state index contributed by atoms with van der Waals surface area (Å²) in [6.07, 6.45) is 0.0567. The molecule has 0 aliphatic rings. The number of para-hydroxylation sites is 1. The van der Waals surface area contributed by atoms with E-state index in [1.165, 1.54) is 23.9 Å². The van der Waals surface area contributed by atoms with E-state index in [1.807, 2.05) is 18.2 Å². The molecule has 0 saturated carbocycles. The van der Waals surface area contributed by atoms with Gasteiger partial charge in [-0.2, -0.15) is 0 Å². The van der Waals surface area contributed by atoms with Crippen LogP contribution in [0.1, 0.15) is 5.82 Å². The van der Waals surface area contributed by atoms with Crippen LogP contribution < -0.4 is 10.6 Å². The molecule has 3 rings (SSSR count). The molecule has 3 aromatic rings. The molecule has 0 saturated heterocycles. The zero-order chi connectivity index (χ0) is 21.7. The van der Waals surface area contributed by atoms with Crippen LogP contribution in [0.2, 0.25) is 15.1 Å². The van der Waals surface area contributed by atoms with E-state index in [0.717, 1.165) is 0 Å². The molecule has 156 valence electrons. The summed E-state index contributed by atoms with van der Waals surface area (Å²) in [6, 6.07) is 12.1. The van der Waals surface area contributed by atoms with Gasteiger partial charge in [0, 0.05) is 17.8 Å². The molecule has 0 radical (unpaired) electrons. The predicted molar refractivity (Wildman–Crippen MR) is 121 cm³/mol. The van der Waals surface area contributed by atoms with Gasteiger partial charge in [-0.1, -0.05) is 64.8 Å². The maximum absolute atomic E-state index is 12.3. The number of nitrogens with one attached hydrogen (secondary N) is 2. The zero-order valence-electron chi connectivity index (χ0n) is 15.7. The standard InChI is InChI=1S/C19H16Cl3N5O2S/c1-27-15(9-16(28)23-12-5-3-2-4-6-12)25-26-19(27)30-10-17(29)24-18-13(21)7-11(20)8-14(18)22/h2-8H,9-10H2,1H3,(H,23,28)(H,24,29). The Bertz CT molecular complexity index is 1050. The molecule has 0 bridgehead atoms. The molecule has 0 aliphatic heterocycles. The molecule has 2 aromatic carbocycles. The number of carbonyl (C=O) groups is 2. The molecule has 2 N–H and O–H groups in total. The molecule has 1 aromatic heterocycles. The van der Waals surface area contributed by atoms with E-state index in [0.29, 0.717) is 27.4 Å². The number of hydrogen-bond donors (Lipinski definition) is 2. The second-order valence-corrected chi connectivity index (χ2v) is 8.32. The molecular weight excluding hydrogens is 469 g/mol. The lowest BCUT2D eigenvalue weighted by atomic mass is 10.3. The lowest BCUT2D eigenvalue weighted by molar-refractivity contribution is -0.116. The van der Waals surface area contributed by atoms with E-state index in [9.17, 15) is 9.59 Å². The van der Waals surface area contributed by atoms with Gasteiger partial charge in [0.15, 0.2) is 5.16 Å². The van der Waals surface area contributed by atoms with Gasteiger partial charge in [0.25, 0.3) is 0 Å². The highest BCUT2D eigenvalue weighted by Gasteiger charge is 2.16. The van der Waals surface area contributed by atoms with Crippen LogP contribution in [0.3, 0.4) is 0 Å². The Kier molecular flexibility index (Phi) is 7.60. The molecule has 0 unspecified atom stereocenters. The smallest absolute Gasteiger partial charge is 0.234 e. The molecule has 0 atom stereocenters. The highest BCUT2D eigenvalue weighted by Crippen LogP contribution is 2.33. The maximum atomic E-state index is 12.3. The fourth-order valence-corrected chi connectivity index (χ4v) is 4.10. The predicted octanol–water partition coefficient (Wildman–Crippen LogP) is 4.69. The number of benzene rings is 2. The topological polar surface area (TPSA) is 88.9 Å². The molecule has 30 heavy (non-hydrogen) atoms. The Morgan fingerprint density at radius 2 is 1.67 bits per heavy atom. The van der Waals surface area contributed by atoms with Crippen LogP contribution in [0, 0.1) is 0 Å². The van der Waals surface area contributed by atoms with Gasteiger partial charge < -0.3 is 15.2 Å². The van der Waals surface area contributed by atoms with Crippen LogP contribution in [0.25, 0.3) is 0 Å². The fraction of sp³-hybridized carbons (Fsp3) is 0.158. The van der Waals surface area contributed by atoms with Crippen LogP contribution in [0.5, 0.6) is 0 Å². The van der Waals surface area contributed by atoms with Crippen molar-refractivity contribution in [2.24, 2.45) is 7.05 Å². The van der Waals surface area contributed by atoms with Crippen LogP contribution in [0.15, 0.2) is 47.6 Å². The third-order valence-corrected chi connectivity index (χ3v) is 5.74. The Balaban J connectivity index is 1.56. The van der Waals surface area contributed by atoms with E-state index in [4.69, 9.17) is 34.8 Å². The molecule has 0 fully saturated rings. The SMILES string of the molecule is Cn1c(CC(=O)Nc2ccccc2)nnc1SCC(=O)Nc1c(Cl)cc(Cl)cc1Cl. The van der Waals surface area contributed by atoms with E-state index < -0.39 is 0 Å². The number of carbonyl (C=O) groups excluding carboxylic acids is 2. The van der Waals surface area contributed by atoms with Gasteiger partial charge in [-0.3, -0.25) is 9.59 Å². The molecule has 0 aliphatic carbocycles. The largest absolute Gasteiger partial charge is 0.326 e. The van der Waals surface area contributed by atoms with Gasteiger partial charge in [0.1, 0.15) is 5.82 Å². The zero-order valence-corrected chi connectivity index (χ0v) is 18.7. The number of amides is 2. The summed E-state index contributed by atoms with van der Waals surface area (Å²) in [7, 11) is 1.73. The van der Waals surface area contributed by atoms with E-state index in [-0.39, 0.29) is 34.0 Å². The highest BCUT2D eigenvalue weighted by molar-refractivity contribution is 7.99. The van der Waals surface area contributed by atoms with Gasteiger partial charge in [0.2, 0.25) is 11.8 Å². The summed E-state index contributed by atoms with van der Waals surface area (Å²) in [5, 5.41) is 14.9. The van der Waals surface area contributed by atoms with Crippen molar-refractivity contribution in [3.8, 4) is 0 Å². The Morgan fingerprint density at radius 1 is 1.00 bits per heavy atom. The van der Waals surface area contributed by atoms with Gasteiger partial charge in [0.05, 0.1) is 27.9 Å². The monoisotopic (exact) mass is 483 g/mol. The first-order valence-corrected chi connectivity index (χ1v) is 10.8. The van der Waals surface area contributed by atoms with Gasteiger partial charge in [-0.25, -0.2) is 0 Å². The summed E-state index contributed by atoms with van der Waals surface area (Å²) in [4.78, 5) is 24.5. The normalized spacial score (nSPS) is 10.7. The minimum Gasteiger partial charge on any atom is -0.326 e. The highest BCUT2D eigenvalue weighted by atomic mass is 35.5. The number of halogens is 3. The second-order valence-electron chi connectivity index (χ2n) is 6.13. The molecule has 2 amide bonds. The van der Waals surface area contributed by atoms with E-state index >= 15 is 0 Å². The lowest BCUT2D eigenvalue weighted by Crippen LogP contribution is -2.17. The number of anilines is 2. The number of aromatic nitrogens is 3. The first-order valence-electron chi connectivity index (χ1n) is 8.64. The van der Waals surface area contributed by atoms with Crippen molar-refractivity contribution in [2.75, 3.05) is 16.4 Å². The quantitative estimate of drug-likeness (QED) is 0.475. The third kappa shape index (κ3) is 5.89. The minimum absolute atomic E-state index is 0.0530. The molecule has 7 nitrogen and oxygen atoms in total. The molecule has 1 heterocycles. The van der Waals surface area contributed by atoms with E-state index in [2.05, 4.69) is 20.8 Å². The summed E-state index contributed by atoms with van der Waals surface area (Å²) in [5.74, 6) is 0.00271. The summed E-state index contributed by atoms with van der Waals surface area (Å²) in [5.41, 5.74) is 1.00.